The van der Waals surface area contributed by atoms with Crippen LogP contribution in [0.2, 0.25) is 5.02 Å². The predicted molar refractivity (Wildman–Crippen MR) is 84.3 cm³/mol. The highest BCUT2D eigenvalue weighted by molar-refractivity contribution is 6.31. The zero-order valence-electron chi connectivity index (χ0n) is 11.9. The zero-order valence-corrected chi connectivity index (χ0v) is 12.6. The number of oxime groups is 1. The van der Waals surface area contributed by atoms with Gasteiger partial charge in [-0.15, -0.1) is 0 Å². The van der Waals surface area contributed by atoms with Crippen LogP contribution < -0.4 is 10.6 Å². The van der Waals surface area contributed by atoms with E-state index < -0.39 is 0 Å². The minimum absolute atomic E-state index is 0.0816. The summed E-state index contributed by atoms with van der Waals surface area (Å²) >= 11 is 6.09. The van der Waals surface area contributed by atoms with E-state index in [0.29, 0.717) is 17.1 Å². The maximum Gasteiger partial charge on any atom is 0.172 e. The first kappa shape index (κ1) is 15.9. The van der Waals surface area contributed by atoms with Crippen molar-refractivity contribution in [1.29, 1.82) is 0 Å². The molecule has 0 aromatic heterocycles. The van der Waals surface area contributed by atoms with Crippen LogP contribution in [0, 0.1) is 0 Å². The maximum atomic E-state index is 9.05. The zero-order chi connectivity index (χ0) is 15.2. The number of aliphatic hydroxyl groups excluding tert-OH is 1. The van der Waals surface area contributed by atoms with Gasteiger partial charge >= 0.3 is 0 Å². The van der Waals surface area contributed by atoms with Crippen LogP contribution in [0.3, 0.4) is 0 Å². The fraction of sp³-hybridized carbons (Fsp3) is 0.500. The van der Waals surface area contributed by atoms with Gasteiger partial charge in [0.05, 0.1) is 6.61 Å². The minimum Gasteiger partial charge on any atom is -0.409 e. The Labute approximate surface area is 129 Å². The second-order valence-corrected chi connectivity index (χ2v) is 5.49. The Bertz CT molecular complexity index is 510. The first-order chi connectivity index (χ1) is 10.2. The molecular weight excluding hydrogens is 292 g/mol. The van der Waals surface area contributed by atoms with E-state index in [1.807, 2.05) is 6.07 Å². The molecule has 0 atom stereocenters. The fourth-order valence-electron chi connectivity index (χ4n) is 2.61. The Morgan fingerprint density at radius 1 is 1.29 bits per heavy atom. The van der Waals surface area contributed by atoms with Crippen molar-refractivity contribution in [3.63, 3.8) is 0 Å². The van der Waals surface area contributed by atoms with Crippen molar-refractivity contribution >= 4 is 23.1 Å². The van der Waals surface area contributed by atoms with Crippen LogP contribution in [0.5, 0.6) is 0 Å². The van der Waals surface area contributed by atoms with E-state index in [1.54, 1.807) is 12.1 Å². The molecule has 7 heteroatoms. The van der Waals surface area contributed by atoms with Gasteiger partial charge in [0.15, 0.2) is 5.84 Å². The molecule has 1 aliphatic heterocycles. The number of nitrogens with zero attached hydrogens (tertiary/aromatic N) is 3. The lowest BCUT2D eigenvalue weighted by Gasteiger charge is -2.25. The summed E-state index contributed by atoms with van der Waals surface area (Å²) in [6.45, 7) is 4.36. The molecule has 21 heavy (non-hydrogen) atoms. The van der Waals surface area contributed by atoms with E-state index in [4.69, 9.17) is 27.6 Å². The van der Waals surface area contributed by atoms with Gasteiger partial charge < -0.3 is 20.9 Å². The van der Waals surface area contributed by atoms with Gasteiger partial charge in [0.2, 0.25) is 0 Å². The number of hydrogen-bond acceptors (Lipinski definition) is 5. The molecule has 6 nitrogen and oxygen atoms in total. The Hall–Kier alpha value is -1.50. The summed E-state index contributed by atoms with van der Waals surface area (Å²) in [5.41, 5.74) is 7.31. The van der Waals surface area contributed by atoms with Gasteiger partial charge in [0.1, 0.15) is 0 Å². The molecule has 1 aliphatic rings. The molecule has 1 heterocycles. The van der Waals surface area contributed by atoms with E-state index in [1.165, 1.54) is 0 Å². The van der Waals surface area contributed by atoms with Gasteiger partial charge in [-0.2, -0.15) is 0 Å². The van der Waals surface area contributed by atoms with Gasteiger partial charge in [0, 0.05) is 42.5 Å². The predicted octanol–water partition coefficient (Wildman–Crippen LogP) is 0.939. The van der Waals surface area contributed by atoms with E-state index in [-0.39, 0.29) is 12.4 Å². The smallest absolute Gasteiger partial charge is 0.172 e. The molecule has 0 bridgehead atoms. The van der Waals surface area contributed by atoms with Gasteiger partial charge in [-0.05, 0) is 31.2 Å². The molecule has 0 unspecified atom stereocenters. The van der Waals surface area contributed by atoms with Crippen LogP contribution in [-0.4, -0.2) is 60.4 Å². The standard InChI is InChI=1S/C14H21ClN4O2/c15-11-2-3-12(14(16)17-21)13(10-11)19-5-1-4-18(6-7-19)8-9-20/h2-3,10,20-21H,1,4-9H2,(H2,16,17). The average Bonchev–Trinajstić information content (AvgIpc) is 2.72. The van der Waals surface area contributed by atoms with Gasteiger partial charge in [-0.25, -0.2) is 0 Å². The normalized spacial score (nSPS) is 17.8. The van der Waals surface area contributed by atoms with Crippen molar-refractivity contribution in [3.05, 3.63) is 28.8 Å². The molecule has 0 aliphatic carbocycles. The third-order valence-electron chi connectivity index (χ3n) is 3.69. The monoisotopic (exact) mass is 312 g/mol. The third kappa shape index (κ3) is 4.00. The van der Waals surface area contributed by atoms with Crippen molar-refractivity contribution in [2.24, 2.45) is 10.9 Å². The quantitative estimate of drug-likeness (QED) is 0.333. The number of anilines is 1. The summed E-state index contributed by atoms with van der Waals surface area (Å²) in [6.07, 6.45) is 0.988. The lowest BCUT2D eigenvalue weighted by molar-refractivity contribution is 0.204. The van der Waals surface area contributed by atoms with Crippen molar-refractivity contribution in [2.75, 3.05) is 44.2 Å². The molecule has 1 saturated heterocycles. The molecule has 1 aromatic carbocycles. The lowest BCUT2D eigenvalue weighted by atomic mass is 10.1. The highest BCUT2D eigenvalue weighted by Crippen LogP contribution is 2.26. The van der Waals surface area contributed by atoms with Gasteiger partial charge in [0.25, 0.3) is 0 Å². The van der Waals surface area contributed by atoms with Gasteiger partial charge in [-0.3, -0.25) is 4.90 Å². The number of aliphatic hydroxyl groups is 1. The first-order valence-electron chi connectivity index (χ1n) is 7.01. The van der Waals surface area contributed by atoms with Crippen molar-refractivity contribution < 1.29 is 10.3 Å². The van der Waals surface area contributed by atoms with Crippen LogP contribution in [0.4, 0.5) is 5.69 Å². The number of amidine groups is 1. The van der Waals surface area contributed by atoms with Gasteiger partial charge in [-0.1, -0.05) is 16.8 Å². The Morgan fingerprint density at radius 3 is 2.81 bits per heavy atom. The maximum absolute atomic E-state index is 9.05. The van der Waals surface area contributed by atoms with Crippen molar-refractivity contribution in [2.45, 2.75) is 6.42 Å². The van der Waals surface area contributed by atoms with Crippen LogP contribution >= 0.6 is 11.6 Å². The second kappa shape index (κ2) is 7.49. The molecule has 0 spiro atoms. The summed E-state index contributed by atoms with van der Waals surface area (Å²) in [5.74, 6) is 0.0816. The average molecular weight is 313 g/mol. The number of benzene rings is 1. The van der Waals surface area contributed by atoms with E-state index >= 15 is 0 Å². The SMILES string of the molecule is N/C(=N/O)c1ccc(Cl)cc1N1CCCN(CCO)CC1. The molecule has 4 N–H and O–H groups in total. The van der Waals surface area contributed by atoms with Crippen LogP contribution in [0.15, 0.2) is 23.4 Å². The molecule has 116 valence electrons. The molecule has 2 rings (SSSR count). The first-order valence-corrected chi connectivity index (χ1v) is 7.39. The molecule has 0 saturated carbocycles. The molecule has 1 fully saturated rings. The highest BCUT2D eigenvalue weighted by Gasteiger charge is 2.18. The lowest BCUT2D eigenvalue weighted by Crippen LogP contribution is -2.33. The number of rotatable bonds is 4. The minimum atomic E-state index is 0.0816. The van der Waals surface area contributed by atoms with E-state index in [9.17, 15) is 0 Å². The van der Waals surface area contributed by atoms with Crippen LogP contribution in [0.1, 0.15) is 12.0 Å². The molecule has 1 aromatic rings. The van der Waals surface area contributed by atoms with Crippen LogP contribution in [-0.2, 0) is 0 Å². The highest BCUT2D eigenvalue weighted by atomic mass is 35.5. The summed E-state index contributed by atoms with van der Waals surface area (Å²) in [4.78, 5) is 4.42. The van der Waals surface area contributed by atoms with E-state index in [0.717, 1.165) is 38.3 Å². The molecule has 0 radical (unpaired) electrons. The Morgan fingerprint density at radius 2 is 2.10 bits per heavy atom. The summed E-state index contributed by atoms with van der Waals surface area (Å²) < 4.78 is 0. The number of nitrogens with two attached hydrogens (primary N) is 1. The van der Waals surface area contributed by atoms with E-state index in [2.05, 4.69) is 15.0 Å². The second-order valence-electron chi connectivity index (χ2n) is 5.05. The van der Waals surface area contributed by atoms with Crippen molar-refractivity contribution in [1.82, 2.24) is 4.90 Å². The Balaban J connectivity index is 2.22. The third-order valence-corrected chi connectivity index (χ3v) is 3.92. The number of hydrogen-bond donors (Lipinski definition) is 3. The largest absolute Gasteiger partial charge is 0.409 e. The van der Waals surface area contributed by atoms with Crippen molar-refractivity contribution in [3.8, 4) is 0 Å². The Kier molecular flexibility index (Phi) is 5.67. The summed E-state index contributed by atoms with van der Waals surface area (Å²) in [5, 5.41) is 21.7. The topological polar surface area (TPSA) is 85.3 Å². The molecule has 0 amide bonds. The summed E-state index contributed by atoms with van der Waals surface area (Å²) in [6, 6.07) is 5.34. The summed E-state index contributed by atoms with van der Waals surface area (Å²) in [7, 11) is 0. The molecular formula is C14H21ClN4O2. The fourth-order valence-corrected chi connectivity index (χ4v) is 2.78. The number of β-amino-alcohol motifs (C(OH)–C–C–N with tert-alkyl or cyclic N) is 1. The number of halogens is 1. The van der Waals surface area contributed by atoms with Crippen LogP contribution in [0.25, 0.3) is 0 Å².